The highest BCUT2D eigenvalue weighted by atomic mass is 32.2. The summed E-state index contributed by atoms with van der Waals surface area (Å²) < 4.78 is 1.24. The Balaban J connectivity index is 1.94. The van der Waals surface area contributed by atoms with Crippen molar-refractivity contribution in [2.24, 2.45) is 4.99 Å². The highest BCUT2D eigenvalue weighted by Gasteiger charge is 2.05. The van der Waals surface area contributed by atoms with Gasteiger partial charge >= 0.3 is 0 Å². The van der Waals surface area contributed by atoms with Crippen molar-refractivity contribution in [1.29, 1.82) is 0 Å². The molecule has 0 saturated heterocycles. The van der Waals surface area contributed by atoms with Gasteiger partial charge in [0.25, 0.3) is 0 Å². The fourth-order valence-electron chi connectivity index (χ4n) is 0.776. The molecular formula is C7H13NOS2. The Hall–Kier alpha value is 0.330. The number of aliphatic imine (C=N–C) groups is 1. The summed E-state index contributed by atoms with van der Waals surface area (Å²) in [5.41, 5.74) is 0. The van der Waals surface area contributed by atoms with Crippen molar-refractivity contribution in [3.63, 3.8) is 0 Å². The van der Waals surface area contributed by atoms with Crippen LogP contribution < -0.4 is 0 Å². The van der Waals surface area contributed by atoms with Gasteiger partial charge in [0.2, 0.25) is 0 Å². The number of unbranched alkanes of at least 4 members (excludes halogenated alkanes) is 1. The molecule has 1 aliphatic rings. The summed E-state index contributed by atoms with van der Waals surface area (Å²) in [6, 6.07) is 0. The zero-order valence-electron chi connectivity index (χ0n) is 6.45. The van der Waals surface area contributed by atoms with Crippen LogP contribution in [0.3, 0.4) is 0 Å². The molecule has 0 amide bonds. The maximum atomic E-state index is 8.51. The molecule has 0 unspecified atom stereocenters. The van der Waals surface area contributed by atoms with E-state index in [-0.39, 0.29) is 0 Å². The first-order valence-electron chi connectivity index (χ1n) is 3.84. The third-order valence-corrected chi connectivity index (χ3v) is 3.67. The van der Waals surface area contributed by atoms with E-state index in [1.807, 2.05) is 23.5 Å². The second kappa shape index (κ2) is 5.91. The summed E-state index contributed by atoms with van der Waals surface area (Å²) in [4.78, 5) is 4.31. The lowest BCUT2D eigenvalue weighted by molar-refractivity contribution is 0.287. The van der Waals surface area contributed by atoms with Gasteiger partial charge in [-0.3, -0.25) is 4.99 Å². The Kier molecular flexibility index (Phi) is 5.06. The van der Waals surface area contributed by atoms with Crippen molar-refractivity contribution in [2.45, 2.75) is 12.8 Å². The molecule has 1 rings (SSSR count). The molecule has 4 heteroatoms. The van der Waals surface area contributed by atoms with E-state index in [1.54, 1.807) is 0 Å². The molecule has 0 saturated carbocycles. The van der Waals surface area contributed by atoms with Crippen LogP contribution in [0.4, 0.5) is 0 Å². The van der Waals surface area contributed by atoms with Crippen molar-refractivity contribution in [3.05, 3.63) is 0 Å². The van der Waals surface area contributed by atoms with E-state index in [4.69, 9.17) is 5.11 Å². The van der Waals surface area contributed by atoms with Gasteiger partial charge in [0.05, 0.1) is 6.54 Å². The molecule has 0 aromatic heterocycles. The molecular weight excluding hydrogens is 178 g/mol. The topological polar surface area (TPSA) is 32.6 Å². The maximum absolute atomic E-state index is 8.51. The van der Waals surface area contributed by atoms with E-state index in [2.05, 4.69) is 4.99 Å². The zero-order chi connectivity index (χ0) is 7.94. The molecule has 0 atom stereocenters. The number of thioether (sulfide) groups is 2. The summed E-state index contributed by atoms with van der Waals surface area (Å²) in [6.45, 7) is 1.31. The lowest BCUT2D eigenvalue weighted by Crippen LogP contribution is -1.88. The first kappa shape index (κ1) is 9.42. The summed E-state index contributed by atoms with van der Waals surface area (Å²) in [5, 5.41) is 8.51. The van der Waals surface area contributed by atoms with Crippen LogP contribution in [0.1, 0.15) is 12.8 Å². The Morgan fingerprint density at radius 1 is 1.55 bits per heavy atom. The van der Waals surface area contributed by atoms with Crippen molar-refractivity contribution in [2.75, 3.05) is 24.7 Å². The van der Waals surface area contributed by atoms with Crippen molar-refractivity contribution in [1.82, 2.24) is 0 Å². The molecule has 1 heterocycles. The Morgan fingerprint density at radius 3 is 3.09 bits per heavy atom. The van der Waals surface area contributed by atoms with Crippen LogP contribution in [-0.4, -0.2) is 34.1 Å². The molecule has 0 bridgehead atoms. The predicted octanol–water partition coefficient (Wildman–Crippen LogP) is 1.59. The van der Waals surface area contributed by atoms with Gasteiger partial charge < -0.3 is 5.11 Å². The van der Waals surface area contributed by atoms with Crippen LogP contribution >= 0.6 is 23.5 Å². The Morgan fingerprint density at radius 2 is 2.45 bits per heavy atom. The van der Waals surface area contributed by atoms with Gasteiger partial charge in [-0.15, -0.1) is 0 Å². The largest absolute Gasteiger partial charge is 0.396 e. The average Bonchev–Trinajstić information content (AvgIpc) is 2.50. The van der Waals surface area contributed by atoms with Crippen LogP contribution in [-0.2, 0) is 0 Å². The molecule has 0 spiro atoms. The number of nitrogens with zero attached hydrogens (tertiary/aromatic N) is 1. The Bertz CT molecular complexity index is 138. The first-order valence-corrected chi connectivity index (χ1v) is 5.81. The SMILES string of the molecule is OCCCCSC1=NCCS1. The highest BCUT2D eigenvalue weighted by Crippen LogP contribution is 2.22. The van der Waals surface area contributed by atoms with E-state index < -0.39 is 0 Å². The molecule has 64 valence electrons. The molecule has 0 aliphatic carbocycles. The molecule has 1 aliphatic heterocycles. The number of rotatable bonds is 4. The van der Waals surface area contributed by atoms with Gasteiger partial charge in [0, 0.05) is 18.1 Å². The minimum atomic E-state index is 0.320. The standard InChI is InChI=1S/C7H13NOS2/c9-4-1-2-5-10-7-8-3-6-11-7/h9H,1-6H2. The summed E-state index contributed by atoms with van der Waals surface area (Å²) in [7, 11) is 0. The predicted molar refractivity (Wildman–Crippen MR) is 53.5 cm³/mol. The summed E-state index contributed by atoms with van der Waals surface area (Å²) in [5.74, 6) is 2.26. The highest BCUT2D eigenvalue weighted by molar-refractivity contribution is 8.39. The first-order chi connectivity index (χ1) is 5.43. The molecule has 0 fully saturated rings. The van der Waals surface area contributed by atoms with Crippen molar-refractivity contribution < 1.29 is 5.11 Å². The summed E-state index contributed by atoms with van der Waals surface area (Å²) in [6.07, 6.45) is 2.02. The summed E-state index contributed by atoms with van der Waals surface area (Å²) >= 11 is 3.68. The number of hydrogen-bond acceptors (Lipinski definition) is 4. The quantitative estimate of drug-likeness (QED) is 0.685. The third kappa shape index (κ3) is 4.03. The zero-order valence-corrected chi connectivity index (χ0v) is 8.09. The molecule has 0 radical (unpaired) electrons. The van der Waals surface area contributed by atoms with Gasteiger partial charge in [-0.25, -0.2) is 0 Å². The molecule has 2 nitrogen and oxygen atoms in total. The van der Waals surface area contributed by atoms with Crippen LogP contribution in [0.15, 0.2) is 4.99 Å². The van der Waals surface area contributed by atoms with Crippen LogP contribution in [0, 0.1) is 0 Å². The van der Waals surface area contributed by atoms with Crippen LogP contribution in [0.25, 0.3) is 0 Å². The monoisotopic (exact) mass is 191 g/mol. The number of aliphatic hydroxyl groups excluding tert-OH is 1. The molecule has 0 aromatic rings. The lowest BCUT2D eigenvalue weighted by Gasteiger charge is -1.97. The minimum absolute atomic E-state index is 0.320. The number of aliphatic hydroxyl groups is 1. The van der Waals surface area contributed by atoms with Gasteiger partial charge in [0.15, 0.2) is 0 Å². The number of hydrogen-bond donors (Lipinski definition) is 1. The van der Waals surface area contributed by atoms with Crippen molar-refractivity contribution >= 4 is 27.9 Å². The lowest BCUT2D eigenvalue weighted by atomic mass is 10.4. The van der Waals surface area contributed by atoms with Gasteiger partial charge in [0.1, 0.15) is 4.38 Å². The maximum Gasteiger partial charge on any atom is 0.124 e. The molecule has 11 heavy (non-hydrogen) atoms. The minimum Gasteiger partial charge on any atom is -0.396 e. The third-order valence-electron chi connectivity index (χ3n) is 1.34. The second-order valence-corrected chi connectivity index (χ2v) is 4.70. The van der Waals surface area contributed by atoms with E-state index in [0.29, 0.717) is 6.61 Å². The Labute approximate surface area is 75.9 Å². The smallest absolute Gasteiger partial charge is 0.124 e. The fourth-order valence-corrected chi connectivity index (χ4v) is 2.85. The van der Waals surface area contributed by atoms with Crippen LogP contribution in [0.2, 0.25) is 0 Å². The fraction of sp³-hybridized carbons (Fsp3) is 0.857. The van der Waals surface area contributed by atoms with Crippen molar-refractivity contribution in [3.8, 4) is 0 Å². The van der Waals surface area contributed by atoms with E-state index >= 15 is 0 Å². The second-order valence-electron chi connectivity index (χ2n) is 2.28. The van der Waals surface area contributed by atoms with Crippen LogP contribution in [0.5, 0.6) is 0 Å². The van der Waals surface area contributed by atoms with E-state index in [0.717, 1.165) is 30.9 Å². The van der Waals surface area contributed by atoms with Gasteiger partial charge in [-0.2, -0.15) is 0 Å². The van der Waals surface area contributed by atoms with Gasteiger partial charge in [-0.05, 0) is 12.8 Å². The average molecular weight is 191 g/mol. The van der Waals surface area contributed by atoms with E-state index in [1.165, 1.54) is 4.38 Å². The van der Waals surface area contributed by atoms with E-state index in [9.17, 15) is 0 Å². The normalized spacial score (nSPS) is 17.0. The molecule has 1 N–H and O–H groups in total. The van der Waals surface area contributed by atoms with Gasteiger partial charge in [-0.1, -0.05) is 23.5 Å². The molecule has 0 aromatic carbocycles.